The minimum absolute atomic E-state index is 0.150. The van der Waals surface area contributed by atoms with Crippen LogP contribution in [0.2, 0.25) is 0 Å². The molecule has 0 aromatic heterocycles. The first-order chi connectivity index (χ1) is 11.2. The number of likely N-dealkylation sites (tertiary alicyclic amines) is 1. The van der Waals surface area contributed by atoms with Gasteiger partial charge >= 0.3 is 0 Å². The highest BCUT2D eigenvalue weighted by atomic mass is 19.1. The van der Waals surface area contributed by atoms with Gasteiger partial charge in [0.25, 0.3) is 0 Å². The van der Waals surface area contributed by atoms with Crippen LogP contribution in [0.4, 0.5) is 4.39 Å². The zero-order valence-corrected chi connectivity index (χ0v) is 13.0. The highest BCUT2D eigenvalue weighted by Crippen LogP contribution is 2.16. The fourth-order valence-electron chi connectivity index (χ4n) is 2.72. The second-order valence-electron chi connectivity index (χ2n) is 5.85. The van der Waals surface area contributed by atoms with Crippen LogP contribution in [0.3, 0.4) is 0 Å². The zero-order valence-electron chi connectivity index (χ0n) is 13.0. The average Bonchev–Trinajstić information content (AvgIpc) is 3.08. The molecule has 2 aromatic rings. The molecule has 0 spiro atoms. The number of rotatable bonds is 6. The van der Waals surface area contributed by atoms with E-state index in [1.165, 1.54) is 25.0 Å². The molecule has 1 heterocycles. The van der Waals surface area contributed by atoms with E-state index in [4.69, 9.17) is 4.74 Å². The molecule has 1 aliphatic rings. The van der Waals surface area contributed by atoms with E-state index in [0.717, 1.165) is 18.7 Å². The van der Waals surface area contributed by atoms with E-state index >= 15 is 0 Å². The van der Waals surface area contributed by atoms with Gasteiger partial charge in [0.2, 0.25) is 0 Å². The predicted octanol–water partition coefficient (Wildman–Crippen LogP) is 3.68. The molecule has 3 nitrogen and oxygen atoms in total. The van der Waals surface area contributed by atoms with Gasteiger partial charge in [0, 0.05) is 5.56 Å². The van der Waals surface area contributed by atoms with E-state index in [1.807, 2.05) is 0 Å². The van der Waals surface area contributed by atoms with Gasteiger partial charge in [-0.2, -0.15) is 0 Å². The first-order valence-corrected chi connectivity index (χ1v) is 7.93. The highest BCUT2D eigenvalue weighted by molar-refractivity contribution is 5.97. The van der Waals surface area contributed by atoms with E-state index in [2.05, 4.69) is 4.90 Å². The van der Waals surface area contributed by atoms with Crippen LogP contribution in [0.25, 0.3) is 0 Å². The van der Waals surface area contributed by atoms with Crippen LogP contribution in [0.15, 0.2) is 48.5 Å². The molecule has 0 atom stereocenters. The van der Waals surface area contributed by atoms with Crippen molar-refractivity contribution in [1.82, 2.24) is 4.90 Å². The molecule has 0 unspecified atom stereocenters. The number of carbonyl (C=O) groups is 1. The van der Waals surface area contributed by atoms with Crippen LogP contribution in [0.1, 0.15) is 28.8 Å². The van der Waals surface area contributed by atoms with Crippen molar-refractivity contribution in [2.45, 2.75) is 19.4 Å². The summed E-state index contributed by atoms with van der Waals surface area (Å²) in [5.74, 6) is 0.596. The summed E-state index contributed by atoms with van der Waals surface area (Å²) < 4.78 is 18.5. The molecule has 0 saturated carbocycles. The second kappa shape index (κ2) is 7.38. The molecule has 0 bridgehead atoms. The predicted molar refractivity (Wildman–Crippen MR) is 87.2 cm³/mol. The minimum atomic E-state index is -0.255. The summed E-state index contributed by atoms with van der Waals surface area (Å²) in [6.07, 6.45) is 2.37. The Labute approximate surface area is 135 Å². The van der Waals surface area contributed by atoms with Crippen LogP contribution in [0, 0.1) is 5.82 Å². The third kappa shape index (κ3) is 4.39. The van der Waals surface area contributed by atoms with E-state index in [0.29, 0.717) is 24.5 Å². The number of hydrogen-bond acceptors (Lipinski definition) is 3. The lowest BCUT2D eigenvalue weighted by molar-refractivity contribution is 0.0945. The Morgan fingerprint density at radius 2 is 1.65 bits per heavy atom. The normalized spacial score (nSPS) is 14.8. The van der Waals surface area contributed by atoms with Crippen molar-refractivity contribution < 1.29 is 13.9 Å². The maximum atomic E-state index is 12.8. The molecule has 23 heavy (non-hydrogen) atoms. The number of hydrogen-bond donors (Lipinski definition) is 0. The Morgan fingerprint density at radius 3 is 2.30 bits per heavy atom. The fraction of sp³-hybridized carbons (Fsp3) is 0.316. The first-order valence-electron chi connectivity index (χ1n) is 7.93. The Bertz CT molecular complexity index is 646. The van der Waals surface area contributed by atoms with E-state index < -0.39 is 0 Å². The molecular formula is C19H20FNO2. The maximum Gasteiger partial charge on any atom is 0.176 e. The van der Waals surface area contributed by atoms with Crippen LogP contribution in [0.5, 0.6) is 5.75 Å². The van der Waals surface area contributed by atoms with Crippen molar-refractivity contribution in [3.8, 4) is 5.75 Å². The lowest BCUT2D eigenvalue weighted by Crippen LogP contribution is -2.26. The van der Waals surface area contributed by atoms with Crippen molar-refractivity contribution in [3.63, 3.8) is 0 Å². The minimum Gasteiger partial charge on any atom is -0.489 e. The van der Waals surface area contributed by atoms with Gasteiger partial charge in [-0.15, -0.1) is 0 Å². The molecule has 0 aliphatic carbocycles. The third-order valence-corrected chi connectivity index (χ3v) is 4.06. The number of nitrogens with zero attached hydrogens (tertiary/aromatic N) is 1. The molecule has 0 amide bonds. The Hall–Kier alpha value is -2.20. The molecule has 0 N–H and O–H groups in total. The number of benzene rings is 2. The number of carbonyl (C=O) groups excluding carboxylic acids is 1. The SMILES string of the molecule is O=C(CN1CCCC1)c1ccc(OCc2ccc(F)cc2)cc1. The van der Waals surface area contributed by atoms with Gasteiger partial charge in [0.05, 0.1) is 6.54 Å². The monoisotopic (exact) mass is 313 g/mol. The van der Waals surface area contributed by atoms with Crippen molar-refractivity contribution >= 4 is 5.78 Å². The summed E-state index contributed by atoms with van der Waals surface area (Å²) in [5, 5.41) is 0. The Kier molecular flexibility index (Phi) is 5.03. The van der Waals surface area contributed by atoms with Crippen molar-refractivity contribution in [1.29, 1.82) is 0 Å². The number of ketones is 1. The first kappa shape index (κ1) is 15.7. The molecule has 1 saturated heterocycles. The highest BCUT2D eigenvalue weighted by Gasteiger charge is 2.16. The Morgan fingerprint density at radius 1 is 1.00 bits per heavy atom. The van der Waals surface area contributed by atoms with Gasteiger partial charge in [-0.3, -0.25) is 9.69 Å². The summed E-state index contributed by atoms with van der Waals surface area (Å²) in [7, 11) is 0. The van der Waals surface area contributed by atoms with Gasteiger partial charge < -0.3 is 4.74 Å². The van der Waals surface area contributed by atoms with Crippen molar-refractivity contribution in [2.75, 3.05) is 19.6 Å². The van der Waals surface area contributed by atoms with Gasteiger partial charge in [0.15, 0.2) is 5.78 Å². The van der Waals surface area contributed by atoms with Gasteiger partial charge in [0.1, 0.15) is 18.2 Å². The summed E-state index contributed by atoms with van der Waals surface area (Å²) in [6.45, 7) is 2.91. The fourth-order valence-corrected chi connectivity index (χ4v) is 2.72. The molecule has 0 radical (unpaired) electrons. The number of Topliss-reactive ketones (excluding diaryl/α,β-unsaturated/α-hetero) is 1. The molecule has 2 aromatic carbocycles. The van der Waals surface area contributed by atoms with E-state index in [1.54, 1.807) is 36.4 Å². The average molecular weight is 313 g/mol. The lowest BCUT2D eigenvalue weighted by atomic mass is 10.1. The van der Waals surface area contributed by atoms with Crippen molar-refractivity contribution in [3.05, 3.63) is 65.5 Å². The summed E-state index contributed by atoms with van der Waals surface area (Å²) in [6, 6.07) is 13.4. The Balaban J connectivity index is 1.53. The summed E-state index contributed by atoms with van der Waals surface area (Å²) >= 11 is 0. The molecule has 3 rings (SSSR count). The van der Waals surface area contributed by atoms with Crippen LogP contribution >= 0.6 is 0 Å². The van der Waals surface area contributed by atoms with Crippen molar-refractivity contribution in [2.24, 2.45) is 0 Å². The quantitative estimate of drug-likeness (QED) is 0.762. The standard InChI is InChI=1S/C19H20FNO2/c20-17-7-3-15(4-8-17)14-23-18-9-5-16(6-10-18)19(22)13-21-11-1-2-12-21/h3-10H,1-2,11-14H2. The topological polar surface area (TPSA) is 29.5 Å². The number of halogens is 1. The summed E-state index contributed by atoms with van der Waals surface area (Å²) in [4.78, 5) is 14.4. The molecule has 4 heteroatoms. The van der Waals surface area contributed by atoms with Gasteiger partial charge in [-0.1, -0.05) is 12.1 Å². The second-order valence-corrected chi connectivity index (χ2v) is 5.85. The largest absolute Gasteiger partial charge is 0.489 e. The van der Waals surface area contributed by atoms with Crippen LogP contribution in [-0.2, 0) is 6.61 Å². The molecule has 1 fully saturated rings. The number of ether oxygens (including phenoxy) is 1. The lowest BCUT2D eigenvalue weighted by Gasteiger charge is -2.13. The van der Waals surface area contributed by atoms with Crippen LogP contribution < -0.4 is 4.74 Å². The molecule has 1 aliphatic heterocycles. The van der Waals surface area contributed by atoms with E-state index in [-0.39, 0.29) is 11.6 Å². The zero-order chi connectivity index (χ0) is 16.1. The molecular weight excluding hydrogens is 293 g/mol. The van der Waals surface area contributed by atoms with Gasteiger partial charge in [-0.25, -0.2) is 4.39 Å². The smallest absolute Gasteiger partial charge is 0.176 e. The molecule has 120 valence electrons. The third-order valence-electron chi connectivity index (χ3n) is 4.06. The summed E-state index contributed by atoms with van der Waals surface area (Å²) in [5.41, 5.74) is 1.62. The van der Waals surface area contributed by atoms with Gasteiger partial charge in [-0.05, 0) is 67.9 Å². The van der Waals surface area contributed by atoms with Crippen LogP contribution in [-0.4, -0.2) is 30.3 Å². The maximum absolute atomic E-state index is 12.8. The van der Waals surface area contributed by atoms with E-state index in [9.17, 15) is 9.18 Å².